The Hall–Kier alpha value is -1.33. The van der Waals surface area contributed by atoms with Crippen LogP contribution in [-0.2, 0) is 11.3 Å². The summed E-state index contributed by atoms with van der Waals surface area (Å²) >= 11 is 0. The van der Waals surface area contributed by atoms with Crippen molar-refractivity contribution in [3.8, 4) is 0 Å². The molecule has 0 radical (unpaired) electrons. The normalized spacial score (nSPS) is 18.7. The minimum atomic E-state index is -0.0202. The molecule has 0 aromatic carbocycles. The molecule has 1 aromatic heterocycles. The Morgan fingerprint density at radius 2 is 2.20 bits per heavy atom. The zero-order valence-corrected chi connectivity index (χ0v) is 12.7. The van der Waals surface area contributed by atoms with Crippen LogP contribution >= 0.6 is 0 Å². The first-order valence-electron chi connectivity index (χ1n) is 7.28. The van der Waals surface area contributed by atoms with E-state index in [-0.39, 0.29) is 11.9 Å². The van der Waals surface area contributed by atoms with Crippen molar-refractivity contribution >= 4 is 5.91 Å². The number of nitrogens with zero attached hydrogens (tertiary/aromatic N) is 2. The first kappa shape index (κ1) is 15.1. The van der Waals surface area contributed by atoms with Gasteiger partial charge in [-0.05, 0) is 52.5 Å². The summed E-state index contributed by atoms with van der Waals surface area (Å²) in [4.78, 5) is 16.6. The standard InChI is InChI=1S/C15H25N3O2/c1-12-6-7-13(20-12)11-18(10-9-17(2)3)15(19)14-5-4-8-16-14/h6-7,14,16H,4-5,8-11H2,1-3H3/t14-/m0/s1. The minimum Gasteiger partial charge on any atom is -0.464 e. The third-order valence-corrected chi connectivity index (χ3v) is 3.63. The van der Waals surface area contributed by atoms with Gasteiger partial charge in [0.05, 0.1) is 12.6 Å². The molecule has 0 aliphatic carbocycles. The van der Waals surface area contributed by atoms with E-state index in [9.17, 15) is 4.79 Å². The maximum absolute atomic E-state index is 12.6. The summed E-state index contributed by atoms with van der Waals surface area (Å²) in [6.07, 6.45) is 2.02. The van der Waals surface area contributed by atoms with E-state index in [4.69, 9.17) is 4.42 Å². The summed E-state index contributed by atoms with van der Waals surface area (Å²) in [6.45, 7) is 5.01. The van der Waals surface area contributed by atoms with Crippen molar-refractivity contribution in [3.63, 3.8) is 0 Å². The molecular weight excluding hydrogens is 254 g/mol. The van der Waals surface area contributed by atoms with Gasteiger partial charge in [-0.2, -0.15) is 0 Å². The van der Waals surface area contributed by atoms with Gasteiger partial charge in [-0.15, -0.1) is 0 Å². The van der Waals surface area contributed by atoms with E-state index in [0.717, 1.165) is 44.0 Å². The van der Waals surface area contributed by atoms with Crippen LogP contribution < -0.4 is 5.32 Å². The van der Waals surface area contributed by atoms with Gasteiger partial charge in [-0.3, -0.25) is 4.79 Å². The molecule has 20 heavy (non-hydrogen) atoms. The highest BCUT2D eigenvalue weighted by atomic mass is 16.3. The molecule has 1 amide bonds. The molecule has 2 heterocycles. The van der Waals surface area contributed by atoms with Crippen molar-refractivity contribution in [2.75, 3.05) is 33.7 Å². The lowest BCUT2D eigenvalue weighted by molar-refractivity contribution is -0.134. The van der Waals surface area contributed by atoms with Crippen LogP contribution in [0, 0.1) is 6.92 Å². The smallest absolute Gasteiger partial charge is 0.240 e. The van der Waals surface area contributed by atoms with Crippen molar-refractivity contribution in [1.29, 1.82) is 0 Å². The second kappa shape index (κ2) is 6.90. The number of amides is 1. The summed E-state index contributed by atoms with van der Waals surface area (Å²) < 4.78 is 5.61. The Morgan fingerprint density at radius 1 is 1.40 bits per heavy atom. The highest BCUT2D eigenvalue weighted by molar-refractivity contribution is 5.82. The summed E-state index contributed by atoms with van der Waals surface area (Å²) in [6, 6.07) is 3.87. The molecule has 0 bridgehead atoms. The molecule has 112 valence electrons. The van der Waals surface area contributed by atoms with E-state index >= 15 is 0 Å². The Labute approximate surface area is 120 Å². The molecule has 1 aliphatic rings. The first-order valence-corrected chi connectivity index (χ1v) is 7.28. The quantitative estimate of drug-likeness (QED) is 0.851. The third-order valence-electron chi connectivity index (χ3n) is 3.63. The molecule has 1 N–H and O–H groups in total. The van der Waals surface area contributed by atoms with Crippen LogP contribution in [0.4, 0.5) is 0 Å². The van der Waals surface area contributed by atoms with Crippen molar-refractivity contribution < 1.29 is 9.21 Å². The van der Waals surface area contributed by atoms with Gasteiger partial charge >= 0.3 is 0 Å². The second-order valence-electron chi connectivity index (χ2n) is 5.72. The fourth-order valence-corrected chi connectivity index (χ4v) is 2.46. The lowest BCUT2D eigenvalue weighted by Crippen LogP contribution is -2.45. The van der Waals surface area contributed by atoms with Gasteiger partial charge in [0.1, 0.15) is 11.5 Å². The monoisotopic (exact) mass is 279 g/mol. The fraction of sp³-hybridized carbons (Fsp3) is 0.667. The van der Waals surface area contributed by atoms with Gasteiger partial charge in [0, 0.05) is 13.1 Å². The molecule has 2 rings (SSSR count). The first-order chi connectivity index (χ1) is 9.56. The molecule has 0 unspecified atom stereocenters. The van der Waals surface area contributed by atoms with Crippen molar-refractivity contribution in [1.82, 2.24) is 15.1 Å². The van der Waals surface area contributed by atoms with Gasteiger partial charge in [-0.25, -0.2) is 0 Å². The van der Waals surface area contributed by atoms with E-state index < -0.39 is 0 Å². The van der Waals surface area contributed by atoms with Crippen LogP contribution in [0.5, 0.6) is 0 Å². The van der Waals surface area contributed by atoms with Crippen molar-refractivity contribution in [3.05, 3.63) is 23.7 Å². The molecule has 1 fully saturated rings. The predicted molar refractivity (Wildman–Crippen MR) is 78.4 cm³/mol. The summed E-state index contributed by atoms with van der Waals surface area (Å²) in [5, 5.41) is 3.28. The molecule has 0 saturated carbocycles. The summed E-state index contributed by atoms with van der Waals surface area (Å²) in [5.41, 5.74) is 0. The van der Waals surface area contributed by atoms with E-state index in [1.54, 1.807) is 0 Å². The van der Waals surface area contributed by atoms with E-state index in [0.29, 0.717) is 6.54 Å². The highest BCUT2D eigenvalue weighted by Gasteiger charge is 2.27. The Kier molecular flexibility index (Phi) is 5.20. The molecule has 0 spiro atoms. The van der Waals surface area contributed by atoms with Crippen LogP contribution in [-0.4, -0.2) is 55.5 Å². The fourth-order valence-electron chi connectivity index (χ4n) is 2.46. The molecular formula is C15H25N3O2. The largest absolute Gasteiger partial charge is 0.464 e. The van der Waals surface area contributed by atoms with Crippen molar-refractivity contribution in [2.24, 2.45) is 0 Å². The number of hydrogen-bond donors (Lipinski definition) is 1. The van der Waals surface area contributed by atoms with Gasteiger partial charge in [0.2, 0.25) is 5.91 Å². The number of nitrogens with one attached hydrogen (secondary N) is 1. The van der Waals surface area contributed by atoms with Crippen LogP contribution in [0.3, 0.4) is 0 Å². The SMILES string of the molecule is Cc1ccc(CN(CCN(C)C)C(=O)[C@@H]2CCCN2)o1. The average Bonchev–Trinajstić information content (AvgIpc) is 3.04. The lowest BCUT2D eigenvalue weighted by atomic mass is 10.2. The molecule has 5 heteroatoms. The van der Waals surface area contributed by atoms with E-state index in [1.165, 1.54) is 0 Å². The maximum Gasteiger partial charge on any atom is 0.240 e. The third kappa shape index (κ3) is 4.08. The zero-order valence-electron chi connectivity index (χ0n) is 12.7. The number of furan rings is 1. The molecule has 1 aliphatic heterocycles. The number of rotatable bonds is 6. The topological polar surface area (TPSA) is 48.7 Å². The number of aryl methyl sites for hydroxylation is 1. The van der Waals surface area contributed by atoms with Crippen LogP contribution in [0.2, 0.25) is 0 Å². The zero-order chi connectivity index (χ0) is 14.5. The summed E-state index contributed by atoms with van der Waals surface area (Å²) in [7, 11) is 4.04. The Bertz CT molecular complexity index is 436. The number of hydrogen-bond acceptors (Lipinski definition) is 4. The predicted octanol–water partition coefficient (Wildman–Crippen LogP) is 1.23. The van der Waals surface area contributed by atoms with Crippen LogP contribution in [0.25, 0.3) is 0 Å². The van der Waals surface area contributed by atoms with Crippen molar-refractivity contribution in [2.45, 2.75) is 32.4 Å². The van der Waals surface area contributed by atoms with Gasteiger partial charge in [0.15, 0.2) is 0 Å². The number of likely N-dealkylation sites (N-methyl/N-ethyl adjacent to an activating group) is 1. The number of carbonyl (C=O) groups excluding carboxylic acids is 1. The average molecular weight is 279 g/mol. The van der Waals surface area contributed by atoms with E-state index in [1.807, 2.05) is 38.1 Å². The molecule has 1 saturated heterocycles. The van der Waals surface area contributed by atoms with Gasteiger partial charge in [0.25, 0.3) is 0 Å². The Morgan fingerprint density at radius 3 is 2.75 bits per heavy atom. The lowest BCUT2D eigenvalue weighted by Gasteiger charge is -2.26. The second-order valence-corrected chi connectivity index (χ2v) is 5.72. The van der Waals surface area contributed by atoms with Gasteiger partial charge in [-0.1, -0.05) is 0 Å². The van der Waals surface area contributed by atoms with Gasteiger partial charge < -0.3 is 19.5 Å². The number of carbonyl (C=O) groups is 1. The highest BCUT2D eigenvalue weighted by Crippen LogP contribution is 2.14. The molecule has 1 atom stereocenters. The minimum absolute atomic E-state index is 0.0202. The molecule has 5 nitrogen and oxygen atoms in total. The molecule has 1 aromatic rings. The van der Waals surface area contributed by atoms with Crippen LogP contribution in [0.1, 0.15) is 24.4 Å². The maximum atomic E-state index is 12.6. The van der Waals surface area contributed by atoms with E-state index in [2.05, 4.69) is 10.2 Å². The van der Waals surface area contributed by atoms with Crippen LogP contribution in [0.15, 0.2) is 16.5 Å². The Balaban J connectivity index is 2.00. The summed E-state index contributed by atoms with van der Waals surface area (Å²) in [5.74, 6) is 1.94.